The molecule has 18 heavy (non-hydrogen) atoms. The molecule has 0 aromatic carbocycles. The fourth-order valence-electron chi connectivity index (χ4n) is 2.17. The molecule has 1 aromatic heterocycles. The lowest BCUT2D eigenvalue weighted by Crippen LogP contribution is -2.50. The maximum absolute atomic E-state index is 11.9. The summed E-state index contributed by atoms with van der Waals surface area (Å²) in [5.41, 5.74) is 1.58. The number of hydrogen-bond donors (Lipinski definition) is 1. The number of amides is 1. The molecule has 0 radical (unpaired) electrons. The van der Waals surface area contributed by atoms with E-state index in [4.69, 9.17) is 0 Å². The van der Waals surface area contributed by atoms with Crippen molar-refractivity contribution in [3.8, 4) is 0 Å². The molecule has 5 heteroatoms. The Kier molecular flexibility index (Phi) is 3.81. The molecule has 1 amide bonds. The highest BCUT2D eigenvalue weighted by molar-refractivity contribution is 5.92. The maximum Gasteiger partial charge on any atom is 0.272 e. The van der Waals surface area contributed by atoms with E-state index in [0.717, 1.165) is 25.3 Å². The molecule has 98 valence electrons. The van der Waals surface area contributed by atoms with Crippen molar-refractivity contribution >= 4 is 11.6 Å². The normalized spacial score (nSPS) is 19.7. The summed E-state index contributed by atoms with van der Waals surface area (Å²) in [7, 11) is 3.48. The van der Waals surface area contributed by atoms with Gasteiger partial charge in [-0.25, -0.2) is 0 Å². The van der Waals surface area contributed by atoms with Crippen LogP contribution >= 0.6 is 0 Å². The number of anilines is 1. The van der Waals surface area contributed by atoms with Gasteiger partial charge in [-0.1, -0.05) is 0 Å². The van der Waals surface area contributed by atoms with E-state index < -0.39 is 0 Å². The van der Waals surface area contributed by atoms with Crippen LogP contribution in [0, 0.1) is 0 Å². The zero-order chi connectivity index (χ0) is 13.1. The first-order valence-corrected chi connectivity index (χ1v) is 6.24. The van der Waals surface area contributed by atoms with Crippen LogP contribution in [-0.4, -0.2) is 55.6 Å². The van der Waals surface area contributed by atoms with Gasteiger partial charge in [0.2, 0.25) is 0 Å². The Bertz CT molecular complexity index is 433. The third kappa shape index (κ3) is 2.61. The van der Waals surface area contributed by atoms with Crippen molar-refractivity contribution in [1.29, 1.82) is 0 Å². The van der Waals surface area contributed by atoms with Gasteiger partial charge in [-0.15, -0.1) is 0 Å². The van der Waals surface area contributed by atoms with E-state index in [9.17, 15) is 4.79 Å². The quantitative estimate of drug-likeness (QED) is 0.832. The summed E-state index contributed by atoms with van der Waals surface area (Å²) in [4.78, 5) is 19.9. The molecule has 0 bridgehead atoms. The second-order valence-corrected chi connectivity index (χ2v) is 4.85. The molecule has 1 aromatic rings. The topological polar surface area (TPSA) is 48.5 Å². The molecular formula is C13H20N4O. The highest BCUT2D eigenvalue weighted by atomic mass is 16.2. The van der Waals surface area contributed by atoms with Gasteiger partial charge in [0.1, 0.15) is 5.69 Å². The predicted molar refractivity (Wildman–Crippen MR) is 71.9 cm³/mol. The second kappa shape index (κ2) is 5.35. The van der Waals surface area contributed by atoms with Crippen molar-refractivity contribution in [2.75, 3.05) is 38.6 Å². The Hall–Kier alpha value is -1.62. The van der Waals surface area contributed by atoms with Gasteiger partial charge in [-0.2, -0.15) is 0 Å². The molecule has 1 saturated heterocycles. The van der Waals surface area contributed by atoms with E-state index >= 15 is 0 Å². The summed E-state index contributed by atoms with van der Waals surface area (Å²) in [6.07, 6.45) is 1.71. The molecule has 0 saturated carbocycles. The van der Waals surface area contributed by atoms with Crippen molar-refractivity contribution in [3.05, 3.63) is 24.0 Å². The second-order valence-electron chi connectivity index (χ2n) is 4.85. The largest absolute Gasteiger partial charge is 0.366 e. The van der Waals surface area contributed by atoms with Crippen LogP contribution in [0.1, 0.15) is 17.4 Å². The number of carbonyl (C=O) groups excluding carboxylic acids is 1. The lowest BCUT2D eigenvalue weighted by Gasteiger charge is -2.36. The Balaban J connectivity index is 2.23. The van der Waals surface area contributed by atoms with Crippen LogP contribution in [-0.2, 0) is 0 Å². The van der Waals surface area contributed by atoms with E-state index in [1.807, 2.05) is 12.1 Å². The van der Waals surface area contributed by atoms with Crippen LogP contribution in [0.15, 0.2) is 18.3 Å². The molecule has 1 N–H and O–H groups in total. The Labute approximate surface area is 108 Å². The zero-order valence-corrected chi connectivity index (χ0v) is 11.2. The summed E-state index contributed by atoms with van der Waals surface area (Å²) < 4.78 is 0. The Morgan fingerprint density at radius 3 is 3.00 bits per heavy atom. The van der Waals surface area contributed by atoms with Gasteiger partial charge in [0.05, 0.1) is 0 Å². The number of piperazine rings is 1. The van der Waals surface area contributed by atoms with Crippen LogP contribution < -0.4 is 10.2 Å². The minimum atomic E-state index is -0.0559. The standard InChI is InChI=1S/C13H20N4O/c1-10-9-14-6-7-17(10)11-4-5-15-12(8-11)13(18)16(2)3/h4-5,8,10,14H,6-7,9H2,1-3H3. The van der Waals surface area contributed by atoms with Crippen LogP contribution in [0.5, 0.6) is 0 Å². The van der Waals surface area contributed by atoms with Crippen molar-refractivity contribution < 1.29 is 4.79 Å². The van der Waals surface area contributed by atoms with Gasteiger partial charge in [0, 0.05) is 51.7 Å². The van der Waals surface area contributed by atoms with Gasteiger partial charge in [-0.05, 0) is 19.1 Å². The smallest absolute Gasteiger partial charge is 0.272 e. The average molecular weight is 248 g/mol. The van der Waals surface area contributed by atoms with E-state index in [2.05, 4.69) is 22.1 Å². The van der Waals surface area contributed by atoms with Gasteiger partial charge in [-0.3, -0.25) is 9.78 Å². The Morgan fingerprint density at radius 2 is 2.33 bits per heavy atom. The fourth-order valence-corrected chi connectivity index (χ4v) is 2.17. The summed E-state index contributed by atoms with van der Waals surface area (Å²) in [6.45, 7) is 5.09. The molecule has 5 nitrogen and oxygen atoms in total. The van der Waals surface area contributed by atoms with Gasteiger partial charge in [0.25, 0.3) is 5.91 Å². The number of carbonyl (C=O) groups is 1. The highest BCUT2D eigenvalue weighted by Gasteiger charge is 2.19. The van der Waals surface area contributed by atoms with E-state index in [-0.39, 0.29) is 5.91 Å². The van der Waals surface area contributed by atoms with Gasteiger partial charge in [0.15, 0.2) is 0 Å². The first kappa shape index (κ1) is 12.8. The molecule has 0 spiro atoms. The number of rotatable bonds is 2. The van der Waals surface area contributed by atoms with E-state index in [0.29, 0.717) is 11.7 Å². The molecule has 1 atom stereocenters. The average Bonchev–Trinajstić information content (AvgIpc) is 2.38. The third-order valence-corrected chi connectivity index (χ3v) is 3.20. The number of aromatic nitrogens is 1. The lowest BCUT2D eigenvalue weighted by molar-refractivity contribution is 0.0822. The Morgan fingerprint density at radius 1 is 1.56 bits per heavy atom. The molecule has 1 aliphatic rings. The molecule has 0 aliphatic carbocycles. The number of nitrogens with one attached hydrogen (secondary N) is 1. The molecular weight excluding hydrogens is 228 g/mol. The fraction of sp³-hybridized carbons (Fsp3) is 0.538. The lowest BCUT2D eigenvalue weighted by atomic mass is 10.2. The number of hydrogen-bond acceptors (Lipinski definition) is 4. The van der Waals surface area contributed by atoms with E-state index in [1.165, 1.54) is 0 Å². The molecule has 2 rings (SSSR count). The van der Waals surface area contributed by atoms with Gasteiger partial charge >= 0.3 is 0 Å². The summed E-state index contributed by atoms with van der Waals surface area (Å²) in [6, 6.07) is 4.28. The number of nitrogens with zero attached hydrogens (tertiary/aromatic N) is 3. The van der Waals surface area contributed by atoms with Crippen molar-refractivity contribution in [3.63, 3.8) is 0 Å². The maximum atomic E-state index is 11.9. The SMILES string of the molecule is CC1CNCCN1c1ccnc(C(=O)N(C)C)c1. The predicted octanol–water partition coefficient (Wildman–Crippen LogP) is 0.581. The minimum Gasteiger partial charge on any atom is -0.366 e. The first-order valence-electron chi connectivity index (χ1n) is 6.24. The van der Waals surface area contributed by atoms with Crippen molar-refractivity contribution in [1.82, 2.24) is 15.2 Å². The van der Waals surface area contributed by atoms with E-state index in [1.54, 1.807) is 25.2 Å². The zero-order valence-electron chi connectivity index (χ0n) is 11.2. The molecule has 1 aliphatic heterocycles. The van der Waals surface area contributed by atoms with Crippen LogP contribution in [0.2, 0.25) is 0 Å². The monoisotopic (exact) mass is 248 g/mol. The van der Waals surface area contributed by atoms with Crippen LogP contribution in [0.3, 0.4) is 0 Å². The summed E-state index contributed by atoms with van der Waals surface area (Å²) >= 11 is 0. The summed E-state index contributed by atoms with van der Waals surface area (Å²) in [5.74, 6) is -0.0559. The molecule has 2 heterocycles. The molecule has 1 fully saturated rings. The number of pyridine rings is 1. The highest BCUT2D eigenvalue weighted by Crippen LogP contribution is 2.18. The summed E-state index contributed by atoms with van der Waals surface area (Å²) in [5, 5.41) is 3.36. The van der Waals surface area contributed by atoms with Crippen LogP contribution in [0.4, 0.5) is 5.69 Å². The van der Waals surface area contributed by atoms with Crippen molar-refractivity contribution in [2.24, 2.45) is 0 Å². The third-order valence-electron chi connectivity index (χ3n) is 3.20. The minimum absolute atomic E-state index is 0.0559. The molecule has 1 unspecified atom stereocenters. The first-order chi connectivity index (χ1) is 8.59. The van der Waals surface area contributed by atoms with Crippen LogP contribution in [0.25, 0.3) is 0 Å². The van der Waals surface area contributed by atoms with Gasteiger partial charge < -0.3 is 15.1 Å². The van der Waals surface area contributed by atoms with Crippen molar-refractivity contribution in [2.45, 2.75) is 13.0 Å².